The zero-order chi connectivity index (χ0) is 10.2. The molecule has 0 aromatic heterocycles. The van der Waals surface area contributed by atoms with E-state index >= 15 is 0 Å². The molecule has 0 unspecified atom stereocenters. The summed E-state index contributed by atoms with van der Waals surface area (Å²) < 4.78 is 5.46. The second kappa shape index (κ2) is 6.47. The van der Waals surface area contributed by atoms with E-state index in [4.69, 9.17) is 4.74 Å². The standard InChI is InChI=1S/C13H19O/c1-12(2)8-6-7-11-14-13-9-4-3-5-10-13/h3-5,9-12H,6-8H2,1-2H3. The molecule has 0 N–H and O–H groups in total. The lowest BCUT2D eigenvalue weighted by Crippen LogP contribution is -1.92. The Kier molecular flexibility index (Phi) is 5.13. The highest BCUT2D eigenvalue weighted by molar-refractivity contribution is 5.21. The summed E-state index contributed by atoms with van der Waals surface area (Å²) in [6.45, 7) is 6.40. The molecule has 0 atom stereocenters. The van der Waals surface area contributed by atoms with E-state index in [1.165, 1.54) is 12.8 Å². The van der Waals surface area contributed by atoms with E-state index in [0.717, 1.165) is 18.1 Å². The summed E-state index contributed by atoms with van der Waals surface area (Å²) >= 11 is 0. The van der Waals surface area contributed by atoms with Crippen LogP contribution in [0.4, 0.5) is 0 Å². The van der Waals surface area contributed by atoms with Crippen LogP contribution in [0, 0.1) is 12.5 Å². The Hall–Kier alpha value is -0.980. The quantitative estimate of drug-likeness (QED) is 0.616. The van der Waals surface area contributed by atoms with Crippen molar-refractivity contribution in [1.29, 1.82) is 0 Å². The molecular formula is C13H19O. The lowest BCUT2D eigenvalue weighted by Gasteiger charge is -2.05. The smallest absolute Gasteiger partial charge is 0.135 e. The first-order chi connectivity index (χ1) is 6.79. The van der Waals surface area contributed by atoms with Crippen LogP contribution in [-0.4, -0.2) is 0 Å². The van der Waals surface area contributed by atoms with Crippen LogP contribution in [-0.2, 0) is 0 Å². The van der Waals surface area contributed by atoms with Crippen LogP contribution in [0.3, 0.4) is 0 Å². The maximum atomic E-state index is 5.46. The Bertz CT molecular complexity index is 228. The van der Waals surface area contributed by atoms with Gasteiger partial charge in [0.25, 0.3) is 0 Å². The average molecular weight is 191 g/mol. The van der Waals surface area contributed by atoms with E-state index in [0.29, 0.717) is 0 Å². The van der Waals surface area contributed by atoms with Gasteiger partial charge in [-0.05, 0) is 30.9 Å². The Labute approximate surface area is 87.1 Å². The van der Waals surface area contributed by atoms with Gasteiger partial charge < -0.3 is 4.74 Å². The molecule has 0 heterocycles. The molecule has 0 aliphatic rings. The summed E-state index contributed by atoms with van der Waals surface area (Å²) in [7, 11) is 0. The van der Waals surface area contributed by atoms with Crippen LogP contribution in [0.2, 0.25) is 0 Å². The van der Waals surface area contributed by atoms with Crippen molar-refractivity contribution in [3.8, 4) is 5.75 Å². The number of hydrogen-bond donors (Lipinski definition) is 0. The third kappa shape index (κ3) is 4.90. The molecule has 1 nitrogen and oxygen atoms in total. The molecule has 1 aromatic carbocycles. The van der Waals surface area contributed by atoms with E-state index < -0.39 is 0 Å². The van der Waals surface area contributed by atoms with Gasteiger partial charge >= 0.3 is 0 Å². The largest absolute Gasteiger partial charge is 0.487 e. The fourth-order valence-electron chi connectivity index (χ4n) is 1.26. The van der Waals surface area contributed by atoms with Gasteiger partial charge in [0.15, 0.2) is 0 Å². The van der Waals surface area contributed by atoms with Crippen molar-refractivity contribution in [3.63, 3.8) is 0 Å². The van der Waals surface area contributed by atoms with Crippen molar-refractivity contribution in [3.05, 3.63) is 36.9 Å². The van der Waals surface area contributed by atoms with Crippen molar-refractivity contribution in [2.24, 2.45) is 5.92 Å². The van der Waals surface area contributed by atoms with Crippen LogP contribution in [0.15, 0.2) is 30.3 Å². The third-order valence-corrected chi connectivity index (χ3v) is 2.07. The lowest BCUT2D eigenvalue weighted by molar-refractivity contribution is 0.378. The molecule has 1 rings (SSSR count). The van der Waals surface area contributed by atoms with Gasteiger partial charge in [-0.1, -0.05) is 38.5 Å². The topological polar surface area (TPSA) is 9.23 Å². The van der Waals surface area contributed by atoms with Crippen LogP contribution < -0.4 is 4.74 Å². The molecule has 0 saturated carbocycles. The predicted octanol–water partition coefficient (Wildman–Crippen LogP) is 4.05. The average Bonchev–Trinajstić information content (AvgIpc) is 2.18. The van der Waals surface area contributed by atoms with E-state index in [9.17, 15) is 0 Å². The number of hydrogen-bond acceptors (Lipinski definition) is 1. The summed E-state index contributed by atoms with van der Waals surface area (Å²) in [6.07, 6.45) is 3.52. The van der Waals surface area contributed by atoms with Crippen molar-refractivity contribution >= 4 is 0 Å². The summed E-state index contributed by atoms with van der Waals surface area (Å²) in [6, 6.07) is 9.90. The molecule has 1 aromatic rings. The van der Waals surface area contributed by atoms with E-state index in [-0.39, 0.29) is 0 Å². The molecule has 1 radical (unpaired) electrons. The van der Waals surface area contributed by atoms with Gasteiger partial charge in [-0.25, -0.2) is 0 Å². The van der Waals surface area contributed by atoms with E-state index in [1.54, 1.807) is 0 Å². The fraction of sp³-hybridized carbons (Fsp3) is 0.462. The predicted molar refractivity (Wildman–Crippen MR) is 60.1 cm³/mol. The highest BCUT2D eigenvalue weighted by atomic mass is 16.5. The molecular weight excluding hydrogens is 172 g/mol. The Morgan fingerprint density at radius 3 is 2.57 bits per heavy atom. The Balaban J connectivity index is 2.05. The molecule has 0 amide bonds. The zero-order valence-electron chi connectivity index (χ0n) is 9.07. The number of rotatable bonds is 6. The molecule has 0 saturated heterocycles. The first-order valence-corrected chi connectivity index (χ1v) is 5.32. The molecule has 0 aliphatic heterocycles. The van der Waals surface area contributed by atoms with Crippen molar-refractivity contribution in [1.82, 2.24) is 0 Å². The summed E-state index contributed by atoms with van der Waals surface area (Å²) in [5.41, 5.74) is 0. The minimum absolute atomic E-state index is 0.792. The highest BCUT2D eigenvalue weighted by Crippen LogP contribution is 2.12. The number of benzene rings is 1. The van der Waals surface area contributed by atoms with E-state index in [1.807, 2.05) is 36.9 Å². The van der Waals surface area contributed by atoms with Gasteiger partial charge in [0.1, 0.15) is 12.4 Å². The van der Waals surface area contributed by atoms with Gasteiger partial charge in [0, 0.05) is 0 Å². The maximum Gasteiger partial charge on any atom is 0.135 e. The first-order valence-electron chi connectivity index (χ1n) is 5.32. The SMILES string of the molecule is CC(C)CCC[CH]Oc1ccccc1. The molecule has 0 aliphatic carbocycles. The van der Waals surface area contributed by atoms with Gasteiger partial charge in [-0.2, -0.15) is 0 Å². The van der Waals surface area contributed by atoms with Gasteiger partial charge in [-0.3, -0.25) is 0 Å². The minimum Gasteiger partial charge on any atom is -0.487 e. The Morgan fingerprint density at radius 2 is 1.93 bits per heavy atom. The fourth-order valence-corrected chi connectivity index (χ4v) is 1.26. The monoisotopic (exact) mass is 191 g/mol. The van der Waals surface area contributed by atoms with Crippen LogP contribution in [0.25, 0.3) is 0 Å². The number of para-hydroxylation sites is 1. The Morgan fingerprint density at radius 1 is 1.21 bits per heavy atom. The number of ether oxygens (including phenoxy) is 1. The summed E-state index contributed by atoms with van der Waals surface area (Å²) in [5.74, 6) is 1.72. The molecule has 77 valence electrons. The molecule has 1 heteroatoms. The highest BCUT2D eigenvalue weighted by Gasteiger charge is 1.95. The molecule has 0 spiro atoms. The molecule has 14 heavy (non-hydrogen) atoms. The molecule has 0 bridgehead atoms. The van der Waals surface area contributed by atoms with Gasteiger partial charge in [-0.15, -0.1) is 0 Å². The zero-order valence-corrected chi connectivity index (χ0v) is 9.07. The first kappa shape index (κ1) is 11.1. The summed E-state index contributed by atoms with van der Waals surface area (Å²) in [5, 5.41) is 0. The van der Waals surface area contributed by atoms with Crippen molar-refractivity contribution in [2.75, 3.05) is 0 Å². The maximum absolute atomic E-state index is 5.46. The van der Waals surface area contributed by atoms with Gasteiger partial charge in [0.2, 0.25) is 0 Å². The lowest BCUT2D eigenvalue weighted by atomic mass is 10.1. The molecule has 0 fully saturated rings. The van der Waals surface area contributed by atoms with Crippen molar-refractivity contribution < 1.29 is 4.74 Å². The van der Waals surface area contributed by atoms with E-state index in [2.05, 4.69) is 13.8 Å². The van der Waals surface area contributed by atoms with Crippen molar-refractivity contribution in [2.45, 2.75) is 33.1 Å². The summed E-state index contributed by atoms with van der Waals surface area (Å²) in [4.78, 5) is 0. The minimum atomic E-state index is 0.792. The van der Waals surface area contributed by atoms with Crippen LogP contribution in [0.5, 0.6) is 5.75 Å². The number of unbranched alkanes of at least 4 members (excludes halogenated alkanes) is 1. The van der Waals surface area contributed by atoms with Crippen LogP contribution in [0.1, 0.15) is 33.1 Å². The van der Waals surface area contributed by atoms with Crippen LogP contribution >= 0.6 is 0 Å². The normalized spacial score (nSPS) is 10.5. The second-order valence-corrected chi connectivity index (χ2v) is 3.92. The van der Waals surface area contributed by atoms with Gasteiger partial charge in [0.05, 0.1) is 0 Å². The third-order valence-electron chi connectivity index (χ3n) is 2.07. The second-order valence-electron chi connectivity index (χ2n) is 3.92.